The van der Waals surface area contributed by atoms with Crippen LogP contribution in [0.15, 0.2) is 6.07 Å². The van der Waals surface area contributed by atoms with E-state index in [0.717, 1.165) is 13.8 Å². The molecule has 0 saturated carbocycles. The molecule has 2 N–H and O–H groups in total. The molecule has 0 aliphatic carbocycles. The molecule has 0 radical (unpaired) electrons. The van der Waals surface area contributed by atoms with Crippen molar-refractivity contribution < 1.29 is 41.0 Å². The zero-order valence-corrected chi connectivity index (χ0v) is 10.2. The zero-order chi connectivity index (χ0) is 15.9. The second-order valence-electron chi connectivity index (χ2n) is 3.99. The average Bonchev–Trinajstić information content (AvgIpc) is 2.19. The van der Waals surface area contributed by atoms with Crippen LogP contribution >= 0.6 is 0 Å². The van der Waals surface area contributed by atoms with Gasteiger partial charge in [-0.2, -0.15) is 26.3 Å². The molecular weight excluding hydrogens is 293 g/mol. The Morgan fingerprint density at radius 2 is 1.25 bits per heavy atom. The predicted octanol–water partition coefficient (Wildman–Crippen LogP) is 2.69. The molecule has 0 atom stereocenters. The molecule has 0 fully saturated rings. The van der Waals surface area contributed by atoms with E-state index < -0.39 is 47.7 Å². The molecule has 1 rings (SSSR count). The van der Waals surface area contributed by atoms with Crippen LogP contribution in [0.5, 0.6) is 5.75 Å². The van der Waals surface area contributed by atoms with Crippen LogP contribution in [0.3, 0.4) is 0 Å². The number of alkyl halides is 6. The van der Waals surface area contributed by atoms with Gasteiger partial charge in [-0.3, -0.25) is 0 Å². The Bertz CT molecular complexity index is 471. The number of hydrogen-bond acceptors (Lipinski definition) is 3. The summed E-state index contributed by atoms with van der Waals surface area (Å²) in [5, 5.41) is 17.2. The molecule has 112 valence electrons. The van der Waals surface area contributed by atoms with Gasteiger partial charge in [0.1, 0.15) is 5.75 Å². The minimum atomic E-state index is -5.03. The van der Waals surface area contributed by atoms with E-state index in [4.69, 9.17) is 10.0 Å². The fraction of sp³-hybridized carbons (Fsp3) is 0.400. The molecule has 1 aromatic carbocycles. The van der Waals surface area contributed by atoms with Gasteiger partial charge >= 0.3 is 19.7 Å². The van der Waals surface area contributed by atoms with Gasteiger partial charge in [0, 0.05) is 11.1 Å². The van der Waals surface area contributed by atoms with Crippen LogP contribution in [0.25, 0.3) is 0 Å². The molecule has 0 aliphatic heterocycles. The Kier molecular flexibility index (Phi) is 4.30. The first-order chi connectivity index (χ1) is 8.85. The van der Waals surface area contributed by atoms with Gasteiger partial charge in [0.15, 0.2) is 0 Å². The van der Waals surface area contributed by atoms with Gasteiger partial charge in [-0.25, -0.2) is 0 Å². The molecule has 0 aliphatic rings. The summed E-state index contributed by atoms with van der Waals surface area (Å²) in [5.41, 5.74) is -4.41. The summed E-state index contributed by atoms with van der Waals surface area (Å²) < 4.78 is 80.6. The van der Waals surface area contributed by atoms with Crippen LogP contribution in [-0.4, -0.2) is 17.4 Å². The van der Waals surface area contributed by atoms with Crippen molar-refractivity contribution in [2.24, 2.45) is 0 Å². The maximum Gasteiger partial charge on any atom is 0.707 e. The van der Waals surface area contributed by atoms with E-state index in [-0.39, 0.29) is 6.07 Å². The van der Waals surface area contributed by atoms with Gasteiger partial charge in [-0.15, -0.1) is 0 Å². The highest BCUT2D eigenvalue weighted by Crippen LogP contribution is 2.43. The minimum absolute atomic E-state index is 0.0265. The summed E-state index contributed by atoms with van der Waals surface area (Å²) in [7, 11) is -2.53. The number of benzene rings is 1. The van der Waals surface area contributed by atoms with Gasteiger partial charge in [0.25, 0.3) is 0 Å². The molecule has 0 amide bonds. The lowest BCUT2D eigenvalue weighted by atomic mass is 9.96. The highest BCUT2D eigenvalue weighted by atomic mass is 19.4. The minimum Gasteiger partial charge on any atom is -0.512 e. The van der Waals surface area contributed by atoms with E-state index in [1.165, 1.54) is 0 Å². The first-order valence-corrected chi connectivity index (χ1v) is 5.17. The molecule has 0 aromatic heterocycles. The third-order valence-corrected chi connectivity index (χ3v) is 2.61. The number of hydrogen-bond donors (Lipinski definition) is 2. The van der Waals surface area contributed by atoms with Crippen molar-refractivity contribution in [2.45, 2.75) is 26.2 Å². The van der Waals surface area contributed by atoms with Crippen molar-refractivity contribution >= 4 is 7.32 Å². The summed E-state index contributed by atoms with van der Waals surface area (Å²) in [5.74, 6) is -0.859. The topological polar surface area (TPSA) is 49.7 Å². The van der Waals surface area contributed by atoms with E-state index in [2.05, 4.69) is 4.65 Å². The summed E-state index contributed by atoms with van der Waals surface area (Å²) in [6.45, 7) is 1.77. The molecule has 0 bridgehead atoms. The summed E-state index contributed by atoms with van der Waals surface area (Å²) in [6.07, 6.45) is -10.1. The molecule has 20 heavy (non-hydrogen) atoms. The second-order valence-corrected chi connectivity index (χ2v) is 3.99. The molecule has 0 spiro atoms. The van der Waals surface area contributed by atoms with Gasteiger partial charge in [-0.1, -0.05) is 0 Å². The lowest BCUT2D eigenvalue weighted by molar-refractivity contribution is -0.143. The van der Waals surface area contributed by atoms with E-state index in [1.54, 1.807) is 0 Å². The maximum atomic E-state index is 12.7. The second kappa shape index (κ2) is 5.17. The molecule has 0 unspecified atom stereocenters. The van der Waals surface area contributed by atoms with Crippen LogP contribution in [0.2, 0.25) is 0 Å². The predicted molar refractivity (Wildman–Crippen MR) is 56.7 cm³/mol. The van der Waals surface area contributed by atoms with Crippen molar-refractivity contribution in [1.29, 1.82) is 0 Å². The highest BCUT2D eigenvalue weighted by molar-refractivity contribution is 6.33. The van der Waals surface area contributed by atoms with E-state index in [1.807, 2.05) is 0 Å². The van der Waals surface area contributed by atoms with Crippen molar-refractivity contribution in [1.82, 2.24) is 0 Å². The van der Waals surface area contributed by atoms with Crippen LogP contribution < -0.4 is 4.65 Å². The van der Waals surface area contributed by atoms with E-state index >= 15 is 0 Å². The smallest absolute Gasteiger partial charge is 0.512 e. The van der Waals surface area contributed by atoms with E-state index in [9.17, 15) is 26.3 Å². The Morgan fingerprint density at radius 3 is 1.50 bits per heavy atom. The molecule has 0 saturated heterocycles. The summed E-state index contributed by atoms with van der Waals surface area (Å²) in [6, 6.07) is -0.0265. The summed E-state index contributed by atoms with van der Waals surface area (Å²) >= 11 is 0. The van der Waals surface area contributed by atoms with Crippen LogP contribution in [0.1, 0.15) is 22.3 Å². The third-order valence-electron chi connectivity index (χ3n) is 2.61. The molecule has 1 aromatic rings. The number of rotatable bonds is 2. The van der Waals surface area contributed by atoms with Crippen molar-refractivity contribution in [3.05, 3.63) is 28.3 Å². The van der Waals surface area contributed by atoms with Crippen LogP contribution in [0, 0.1) is 13.8 Å². The first kappa shape index (κ1) is 16.6. The maximum absolute atomic E-state index is 12.7. The third kappa shape index (κ3) is 3.37. The fourth-order valence-electron chi connectivity index (χ4n) is 1.76. The monoisotopic (exact) mass is 302 g/mol. The SMILES string of the molecule is Cc1c(C(F)(F)F)cc(C(F)(F)F)c(C)c1OB(O)O. The Balaban J connectivity index is 3.66. The largest absolute Gasteiger partial charge is 0.707 e. The zero-order valence-electron chi connectivity index (χ0n) is 10.2. The van der Waals surface area contributed by atoms with Gasteiger partial charge < -0.3 is 14.7 Å². The molecule has 10 heteroatoms. The Labute approximate surface area is 110 Å². The molecule has 3 nitrogen and oxygen atoms in total. The highest BCUT2D eigenvalue weighted by Gasteiger charge is 2.41. The Morgan fingerprint density at radius 1 is 0.900 bits per heavy atom. The quantitative estimate of drug-likeness (QED) is 0.652. The first-order valence-electron chi connectivity index (χ1n) is 5.17. The normalized spacial score (nSPS) is 12.5. The summed E-state index contributed by atoms with van der Waals surface area (Å²) in [4.78, 5) is 0. The van der Waals surface area contributed by atoms with Gasteiger partial charge in [0.2, 0.25) is 0 Å². The van der Waals surface area contributed by atoms with Gasteiger partial charge in [0.05, 0.1) is 11.1 Å². The lowest BCUT2D eigenvalue weighted by Crippen LogP contribution is -2.24. The van der Waals surface area contributed by atoms with Crippen LogP contribution in [0.4, 0.5) is 26.3 Å². The number of halogens is 6. The fourth-order valence-corrected chi connectivity index (χ4v) is 1.76. The molecule has 0 heterocycles. The van der Waals surface area contributed by atoms with Gasteiger partial charge in [-0.05, 0) is 19.9 Å². The van der Waals surface area contributed by atoms with Crippen molar-refractivity contribution in [3.8, 4) is 5.75 Å². The van der Waals surface area contributed by atoms with Crippen molar-refractivity contribution in [3.63, 3.8) is 0 Å². The van der Waals surface area contributed by atoms with Crippen LogP contribution in [-0.2, 0) is 12.4 Å². The lowest BCUT2D eigenvalue weighted by Gasteiger charge is -2.21. The van der Waals surface area contributed by atoms with E-state index in [0.29, 0.717) is 0 Å². The molecular formula is C10H9BF6O3. The standard InChI is InChI=1S/C10H9BF6O3/c1-4-6(9(12,13)14)3-7(10(15,16)17)5(2)8(4)20-11(18)19/h3,18-19H,1-2H3. The Hall–Kier alpha value is -1.42. The van der Waals surface area contributed by atoms with Crippen molar-refractivity contribution in [2.75, 3.05) is 0 Å². The average molecular weight is 302 g/mol.